The van der Waals surface area contributed by atoms with Gasteiger partial charge in [0.1, 0.15) is 6.61 Å². The highest BCUT2D eigenvalue weighted by molar-refractivity contribution is 7.90. The van der Waals surface area contributed by atoms with Crippen LogP contribution < -0.4 is 0 Å². The molecule has 1 aromatic rings. The Labute approximate surface area is 101 Å². The summed E-state index contributed by atoms with van der Waals surface area (Å²) in [5.74, 6) is 0. The lowest BCUT2D eigenvalue weighted by Gasteiger charge is -2.12. The minimum Gasteiger partial charge on any atom is -0.395 e. The summed E-state index contributed by atoms with van der Waals surface area (Å²) >= 11 is 0. The largest absolute Gasteiger partial charge is 0.395 e. The molecule has 4 nitrogen and oxygen atoms in total. The van der Waals surface area contributed by atoms with E-state index in [-0.39, 0.29) is 0 Å². The predicted octanol–water partition coefficient (Wildman–Crippen LogP) is 1.83. The first-order valence-electron chi connectivity index (χ1n) is 5.40. The van der Waals surface area contributed by atoms with E-state index in [4.69, 9.17) is 4.84 Å². The molecule has 0 saturated heterocycles. The maximum atomic E-state index is 11.8. The van der Waals surface area contributed by atoms with Crippen LogP contribution in [0.4, 0.5) is 0 Å². The van der Waals surface area contributed by atoms with Gasteiger partial charge in [0.15, 0.2) is 9.84 Å². The van der Waals surface area contributed by atoms with Gasteiger partial charge in [-0.15, -0.1) is 0 Å². The van der Waals surface area contributed by atoms with Crippen molar-refractivity contribution in [2.24, 2.45) is 5.16 Å². The normalized spacial score (nSPS) is 15.6. The van der Waals surface area contributed by atoms with E-state index in [2.05, 4.69) is 5.16 Å². The van der Waals surface area contributed by atoms with Crippen molar-refractivity contribution in [3.63, 3.8) is 0 Å². The summed E-state index contributed by atoms with van der Waals surface area (Å²) in [7, 11) is -3.25. The molecule has 1 aliphatic rings. The Morgan fingerprint density at radius 2 is 2.00 bits per heavy atom. The van der Waals surface area contributed by atoms with Gasteiger partial charge < -0.3 is 4.84 Å². The summed E-state index contributed by atoms with van der Waals surface area (Å²) < 4.78 is 23.6. The van der Waals surface area contributed by atoms with Crippen LogP contribution in [-0.2, 0) is 14.7 Å². The lowest BCUT2D eigenvalue weighted by atomic mass is 9.98. The lowest BCUT2D eigenvalue weighted by molar-refractivity contribution is 0.174. The van der Waals surface area contributed by atoms with Gasteiger partial charge in [0.25, 0.3) is 0 Å². The zero-order valence-corrected chi connectivity index (χ0v) is 11.0. The summed E-state index contributed by atoms with van der Waals surface area (Å²) in [6, 6.07) is 3.47. The van der Waals surface area contributed by atoms with Gasteiger partial charge >= 0.3 is 0 Å². The number of oxime groups is 1. The molecule has 0 atom stereocenters. The van der Waals surface area contributed by atoms with Crippen molar-refractivity contribution in [3.8, 4) is 0 Å². The van der Waals surface area contributed by atoms with Crippen molar-refractivity contribution >= 4 is 15.5 Å². The van der Waals surface area contributed by atoms with E-state index in [1.165, 1.54) is 6.26 Å². The van der Waals surface area contributed by atoms with Crippen molar-refractivity contribution < 1.29 is 13.3 Å². The SMILES string of the molecule is Cc1ccc(S(C)(=O)=O)c(C2=NOCC2)c1C. The zero-order valence-electron chi connectivity index (χ0n) is 10.1. The van der Waals surface area contributed by atoms with Crippen molar-refractivity contribution in [1.82, 2.24) is 0 Å². The molecule has 0 unspecified atom stereocenters. The summed E-state index contributed by atoms with van der Waals surface area (Å²) in [6.07, 6.45) is 1.88. The summed E-state index contributed by atoms with van der Waals surface area (Å²) in [5, 5.41) is 3.93. The lowest BCUT2D eigenvalue weighted by Crippen LogP contribution is -2.11. The number of nitrogens with zero attached hydrogens (tertiary/aromatic N) is 1. The van der Waals surface area contributed by atoms with Crippen LogP contribution in [0.2, 0.25) is 0 Å². The first-order valence-corrected chi connectivity index (χ1v) is 7.30. The fourth-order valence-corrected chi connectivity index (χ4v) is 2.90. The Balaban J connectivity index is 2.73. The van der Waals surface area contributed by atoms with Crippen molar-refractivity contribution in [1.29, 1.82) is 0 Å². The average Bonchev–Trinajstić information content (AvgIpc) is 2.73. The van der Waals surface area contributed by atoms with Crippen LogP contribution in [0.3, 0.4) is 0 Å². The Morgan fingerprint density at radius 3 is 2.53 bits per heavy atom. The quantitative estimate of drug-likeness (QED) is 0.808. The fourth-order valence-electron chi connectivity index (χ4n) is 1.94. The first kappa shape index (κ1) is 12.1. The molecule has 0 amide bonds. The third kappa shape index (κ3) is 2.20. The second-order valence-corrected chi connectivity index (χ2v) is 6.26. The number of hydrogen-bond donors (Lipinski definition) is 0. The molecule has 5 heteroatoms. The molecule has 1 aliphatic heterocycles. The summed E-state index contributed by atoms with van der Waals surface area (Å²) in [4.78, 5) is 5.30. The molecule has 0 aliphatic carbocycles. The van der Waals surface area contributed by atoms with Gasteiger partial charge in [-0.05, 0) is 31.0 Å². The minimum absolute atomic E-state index is 0.338. The van der Waals surface area contributed by atoms with Crippen molar-refractivity contribution in [2.45, 2.75) is 25.2 Å². The molecule has 0 fully saturated rings. The number of rotatable bonds is 2. The Hall–Kier alpha value is -1.36. The molecule has 17 heavy (non-hydrogen) atoms. The van der Waals surface area contributed by atoms with E-state index < -0.39 is 9.84 Å². The zero-order chi connectivity index (χ0) is 12.6. The van der Waals surface area contributed by atoms with Crippen LogP contribution in [0.25, 0.3) is 0 Å². The van der Waals surface area contributed by atoms with E-state index in [9.17, 15) is 8.42 Å². The fraction of sp³-hybridized carbons (Fsp3) is 0.417. The molecule has 2 rings (SSSR count). The molecule has 0 saturated carbocycles. The predicted molar refractivity (Wildman–Crippen MR) is 66.1 cm³/mol. The van der Waals surface area contributed by atoms with Crippen molar-refractivity contribution in [3.05, 3.63) is 28.8 Å². The second-order valence-electron chi connectivity index (χ2n) is 4.27. The van der Waals surface area contributed by atoms with Gasteiger partial charge in [0.05, 0.1) is 10.6 Å². The number of aryl methyl sites for hydroxylation is 1. The van der Waals surface area contributed by atoms with Crippen LogP contribution in [0.1, 0.15) is 23.1 Å². The Bertz CT molecular complexity index is 588. The minimum atomic E-state index is -3.25. The van der Waals surface area contributed by atoms with Gasteiger partial charge in [0, 0.05) is 18.2 Å². The Morgan fingerprint density at radius 1 is 1.29 bits per heavy atom. The van der Waals surface area contributed by atoms with Crippen LogP contribution in [0.5, 0.6) is 0 Å². The summed E-state index contributed by atoms with van der Waals surface area (Å²) in [6.45, 7) is 4.40. The van der Waals surface area contributed by atoms with E-state index in [1.54, 1.807) is 6.07 Å². The van der Waals surface area contributed by atoms with E-state index in [0.29, 0.717) is 23.5 Å². The van der Waals surface area contributed by atoms with E-state index in [0.717, 1.165) is 16.8 Å². The Kier molecular flexibility index (Phi) is 2.95. The van der Waals surface area contributed by atoms with E-state index in [1.807, 2.05) is 19.9 Å². The van der Waals surface area contributed by atoms with Crippen LogP contribution in [-0.4, -0.2) is 27.0 Å². The standard InChI is InChI=1S/C12H15NO3S/c1-8-4-5-11(17(3,14)15)12(9(8)2)10-6-7-16-13-10/h4-5H,6-7H2,1-3H3. The maximum Gasteiger partial charge on any atom is 0.176 e. The molecular formula is C12H15NO3S. The number of hydrogen-bond acceptors (Lipinski definition) is 4. The smallest absolute Gasteiger partial charge is 0.176 e. The topological polar surface area (TPSA) is 55.7 Å². The third-order valence-corrected chi connectivity index (χ3v) is 4.13. The van der Waals surface area contributed by atoms with Gasteiger partial charge in [-0.25, -0.2) is 8.42 Å². The molecule has 0 N–H and O–H groups in total. The molecule has 0 radical (unpaired) electrons. The highest BCUT2D eigenvalue weighted by Crippen LogP contribution is 2.25. The molecule has 0 aromatic heterocycles. The van der Waals surface area contributed by atoms with E-state index >= 15 is 0 Å². The van der Waals surface area contributed by atoms with Crippen LogP contribution >= 0.6 is 0 Å². The highest BCUT2D eigenvalue weighted by Gasteiger charge is 2.22. The number of benzene rings is 1. The van der Waals surface area contributed by atoms with Gasteiger partial charge in [0.2, 0.25) is 0 Å². The van der Waals surface area contributed by atoms with Crippen LogP contribution in [0.15, 0.2) is 22.2 Å². The van der Waals surface area contributed by atoms with Gasteiger partial charge in [-0.3, -0.25) is 0 Å². The monoisotopic (exact) mass is 253 g/mol. The molecule has 92 valence electrons. The second kappa shape index (κ2) is 4.14. The molecular weight excluding hydrogens is 238 g/mol. The number of sulfone groups is 1. The average molecular weight is 253 g/mol. The van der Waals surface area contributed by atoms with Gasteiger partial charge in [-0.1, -0.05) is 11.2 Å². The third-order valence-electron chi connectivity index (χ3n) is 2.99. The molecule has 1 aromatic carbocycles. The summed E-state index contributed by atoms with van der Waals surface area (Å²) in [5.41, 5.74) is 3.45. The maximum absolute atomic E-state index is 11.8. The molecule has 1 heterocycles. The van der Waals surface area contributed by atoms with Crippen molar-refractivity contribution in [2.75, 3.05) is 12.9 Å². The highest BCUT2D eigenvalue weighted by atomic mass is 32.2. The first-order chi connectivity index (χ1) is 7.91. The molecule has 0 spiro atoms. The molecule has 0 bridgehead atoms. The van der Waals surface area contributed by atoms with Gasteiger partial charge in [-0.2, -0.15) is 0 Å². The van der Waals surface area contributed by atoms with Crippen LogP contribution in [0, 0.1) is 13.8 Å².